The number of carbonyl (C=O) groups is 1. The first-order valence-corrected chi connectivity index (χ1v) is 9.23. The van der Waals surface area contributed by atoms with Crippen LogP contribution in [-0.4, -0.2) is 74.7 Å². The first-order valence-electron chi connectivity index (χ1n) is 8.85. The highest BCUT2D eigenvalue weighted by atomic mass is 35.5. The second-order valence-electron chi connectivity index (χ2n) is 6.68. The van der Waals surface area contributed by atoms with Gasteiger partial charge in [0.15, 0.2) is 5.69 Å². The van der Waals surface area contributed by atoms with Crippen molar-refractivity contribution in [3.63, 3.8) is 0 Å². The number of aliphatic hydroxyl groups excluding tert-OH is 4. The summed E-state index contributed by atoms with van der Waals surface area (Å²) in [7, 11) is 1.25. The van der Waals surface area contributed by atoms with Crippen molar-refractivity contribution >= 4 is 17.6 Å². The molecular weight excluding hydrogens is 404 g/mol. The summed E-state index contributed by atoms with van der Waals surface area (Å²) in [4.78, 5) is 11.4. The fourth-order valence-electron chi connectivity index (χ4n) is 3.15. The van der Waals surface area contributed by atoms with E-state index in [0.717, 1.165) is 0 Å². The molecule has 0 amide bonds. The quantitative estimate of drug-likeness (QED) is 0.488. The van der Waals surface area contributed by atoms with Gasteiger partial charge in [0.05, 0.1) is 19.4 Å². The van der Waals surface area contributed by atoms with Crippen LogP contribution in [0.1, 0.15) is 33.4 Å². The van der Waals surface area contributed by atoms with Gasteiger partial charge in [-0.25, -0.2) is 4.79 Å². The molecule has 2 aromatic rings. The average Bonchev–Trinajstić information content (AvgIpc) is 2.74. The summed E-state index contributed by atoms with van der Waals surface area (Å²) in [6.45, 7) is -0.510. The fraction of sp³-hybridized carbons (Fsp3) is 0.421. The molecule has 10 heteroatoms. The molecule has 1 aromatic carbocycles. The number of rotatable bonds is 5. The SMILES string of the molecule is COC(=O)c1ccc(Cc2cc([C@@H]3O[C@H](CO)[C@@H](O)[C@H](O)[C@H]3O)ccc2Cl)nn1. The maximum Gasteiger partial charge on any atom is 0.358 e. The molecule has 156 valence electrons. The monoisotopic (exact) mass is 424 g/mol. The van der Waals surface area contributed by atoms with Gasteiger partial charge < -0.3 is 29.9 Å². The fourth-order valence-corrected chi connectivity index (χ4v) is 3.33. The molecule has 5 atom stereocenters. The van der Waals surface area contributed by atoms with E-state index in [-0.39, 0.29) is 5.69 Å². The van der Waals surface area contributed by atoms with Crippen LogP contribution in [0.2, 0.25) is 5.02 Å². The number of hydrogen-bond donors (Lipinski definition) is 4. The van der Waals surface area contributed by atoms with Crippen molar-refractivity contribution in [2.24, 2.45) is 0 Å². The lowest BCUT2D eigenvalue weighted by molar-refractivity contribution is -0.231. The maximum absolute atomic E-state index is 11.4. The third kappa shape index (κ3) is 4.55. The first-order chi connectivity index (χ1) is 13.8. The molecule has 0 aliphatic carbocycles. The molecule has 29 heavy (non-hydrogen) atoms. The predicted molar refractivity (Wildman–Crippen MR) is 100 cm³/mol. The van der Waals surface area contributed by atoms with Gasteiger partial charge in [0.25, 0.3) is 0 Å². The van der Waals surface area contributed by atoms with Crippen LogP contribution in [0.4, 0.5) is 0 Å². The van der Waals surface area contributed by atoms with E-state index in [1.54, 1.807) is 24.3 Å². The van der Waals surface area contributed by atoms with Crippen LogP contribution in [0.25, 0.3) is 0 Å². The van der Waals surface area contributed by atoms with Crippen LogP contribution < -0.4 is 0 Å². The van der Waals surface area contributed by atoms with Gasteiger partial charge in [0.2, 0.25) is 0 Å². The number of halogens is 1. The van der Waals surface area contributed by atoms with E-state index in [1.807, 2.05) is 0 Å². The van der Waals surface area contributed by atoms with E-state index in [0.29, 0.717) is 28.3 Å². The van der Waals surface area contributed by atoms with Gasteiger partial charge in [-0.1, -0.05) is 23.7 Å². The van der Waals surface area contributed by atoms with E-state index in [1.165, 1.54) is 13.2 Å². The van der Waals surface area contributed by atoms with Crippen molar-refractivity contribution in [3.05, 3.63) is 57.9 Å². The number of aliphatic hydroxyl groups is 4. The summed E-state index contributed by atoms with van der Waals surface area (Å²) in [5.74, 6) is -0.591. The highest BCUT2D eigenvalue weighted by Crippen LogP contribution is 2.34. The minimum absolute atomic E-state index is 0.0809. The van der Waals surface area contributed by atoms with Crippen LogP contribution in [-0.2, 0) is 15.9 Å². The largest absolute Gasteiger partial charge is 0.464 e. The van der Waals surface area contributed by atoms with E-state index in [9.17, 15) is 25.2 Å². The Bertz CT molecular complexity index is 862. The lowest BCUT2D eigenvalue weighted by Gasteiger charge is -2.40. The van der Waals surface area contributed by atoms with Crippen LogP contribution in [0, 0.1) is 0 Å². The average molecular weight is 425 g/mol. The van der Waals surface area contributed by atoms with E-state index in [4.69, 9.17) is 16.3 Å². The third-order valence-electron chi connectivity index (χ3n) is 4.78. The third-order valence-corrected chi connectivity index (χ3v) is 5.15. The Labute approximate surface area is 171 Å². The zero-order valence-electron chi connectivity index (χ0n) is 15.5. The molecule has 2 heterocycles. The van der Waals surface area contributed by atoms with Crippen LogP contribution in [0.3, 0.4) is 0 Å². The number of hydrogen-bond acceptors (Lipinski definition) is 9. The number of carbonyl (C=O) groups excluding carboxylic acids is 1. The van der Waals surface area contributed by atoms with Crippen molar-refractivity contribution in [2.45, 2.75) is 36.9 Å². The van der Waals surface area contributed by atoms with E-state index in [2.05, 4.69) is 14.9 Å². The van der Waals surface area contributed by atoms with Crippen molar-refractivity contribution in [2.75, 3.05) is 13.7 Å². The molecule has 0 radical (unpaired) electrons. The summed E-state index contributed by atoms with van der Waals surface area (Å²) in [6.07, 6.45) is -5.97. The number of methoxy groups -OCH3 is 1. The summed E-state index contributed by atoms with van der Waals surface area (Å²) >= 11 is 6.28. The topological polar surface area (TPSA) is 142 Å². The molecule has 1 fully saturated rings. The second-order valence-corrected chi connectivity index (χ2v) is 7.09. The predicted octanol–water partition coefficient (Wildman–Crippen LogP) is 0.0223. The minimum atomic E-state index is -1.47. The highest BCUT2D eigenvalue weighted by molar-refractivity contribution is 6.31. The molecule has 1 saturated heterocycles. The summed E-state index contributed by atoms with van der Waals surface area (Å²) < 4.78 is 10.2. The number of nitrogens with zero attached hydrogens (tertiary/aromatic N) is 2. The molecular formula is C19H21ClN2O7. The molecule has 9 nitrogen and oxygen atoms in total. The van der Waals surface area contributed by atoms with E-state index >= 15 is 0 Å². The Morgan fingerprint density at radius 2 is 1.90 bits per heavy atom. The van der Waals surface area contributed by atoms with Gasteiger partial charge in [-0.05, 0) is 29.3 Å². The summed E-state index contributed by atoms with van der Waals surface area (Å²) in [5.41, 5.74) is 1.80. The highest BCUT2D eigenvalue weighted by Gasteiger charge is 2.44. The Hall–Kier alpha value is -2.14. The maximum atomic E-state index is 11.4. The van der Waals surface area contributed by atoms with Gasteiger partial charge in [-0.2, -0.15) is 5.10 Å². The molecule has 0 saturated carbocycles. The number of esters is 1. The van der Waals surface area contributed by atoms with Crippen molar-refractivity contribution in [1.82, 2.24) is 10.2 Å². The Balaban J connectivity index is 1.83. The van der Waals surface area contributed by atoms with Gasteiger partial charge in [-0.3, -0.25) is 0 Å². The lowest BCUT2D eigenvalue weighted by atomic mass is 9.90. The minimum Gasteiger partial charge on any atom is -0.464 e. The molecule has 1 aliphatic rings. The van der Waals surface area contributed by atoms with Gasteiger partial charge in [0, 0.05) is 11.4 Å². The smallest absolute Gasteiger partial charge is 0.358 e. The number of benzene rings is 1. The summed E-state index contributed by atoms with van der Waals surface area (Å²) in [6, 6.07) is 8.04. The van der Waals surface area contributed by atoms with Crippen LogP contribution >= 0.6 is 11.6 Å². The Morgan fingerprint density at radius 3 is 2.52 bits per heavy atom. The molecule has 3 rings (SSSR count). The van der Waals surface area contributed by atoms with Crippen molar-refractivity contribution in [1.29, 1.82) is 0 Å². The van der Waals surface area contributed by atoms with E-state index < -0.39 is 43.1 Å². The standard InChI is InChI=1S/C19H21ClN2O7/c1-28-19(27)13-5-3-11(21-22-13)7-10-6-9(2-4-12(10)20)18-17(26)16(25)15(24)14(8-23)29-18/h2-6,14-18,23-26H,7-8H2,1H3/t14-,15-,16+,17-,18+/m1/s1. The molecule has 4 N–H and O–H groups in total. The second kappa shape index (κ2) is 9.12. The van der Waals surface area contributed by atoms with Gasteiger partial charge in [0.1, 0.15) is 30.5 Å². The van der Waals surface area contributed by atoms with Gasteiger partial charge >= 0.3 is 5.97 Å². The zero-order chi connectivity index (χ0) is 21.1. The molecule has 0 bridgehead atoms. The van der Waals surface area contributed by atoms with Crippen LogP contribution in [0.5, 0.6) is 0 Å². The Kier molecular flexibility index (Phi) is 6.78. The molecule has 1 aliphatic heterocycles. The lowest BCUT2D eigenvalue weighted by Crippen LogP contribution is -2.55. The molecule has 0 spiro atoms. The van der Waals surface area contributed by atoms with Crippen LogP contribution in [0.15, 0.2) is 30.3 Å². The first kappa shape index (κ1) is 21.6. The van der Waals surface area contributed by atoms with Crippen molar-refractivity contribution in [3.8, 4) is 0 Å². The number of aromatic nitrogens is 2. The Morgan fingerprint density at radius 1 is 1.14 bits per heavy atom. The zero-order valence-corrected chi connectivity index (χ0v) is 16.2. The normalized spacial score (nSPS) is 26.9. The van der Waals surface area contributed by atoms with Crippen molar-refractivity contribution < 1.29 is 34.7 Å². The summed E-state index contributed by atoms with van der Waals surface area (Å²) in [5, 5.41) is 47.9. The van der Waals surface area contributed by atoms with Gasteiger partial charge in [-0.15, -0.1) is 5.10 Å². The molecule has 0 unspecified atom stereocenters. The number of ether oxygens (including phenoxy) is 2. The molecule has 1 aromatic heterocycles.